The fraction of sp³-hybridized carbons (Fsp3) is 0.455. The molecule has 0 fully saturated rings. The molecule has 0 bridgehead atoms. The average molecular weight is 211 g/mol. The smallest absolute Gasteiger partial charge is 0.0809 e. The van der Waals surface area contributed by atoms with Crippen molar-refractivity contribution in [2.45, 2.75) is 26.0 Å². The van der Waals surface area contributed by atoms with Crippen LogP contribution in [0.1, 0.15) is 22.6 Å². The third-order valence-electron chi connectivity index (χ3n) is 1.86. The van der Waals surface area contributed by atoms with E-state index in [2.05, 4.69) is 18.7 Å². The van der Waals surface area contributed by atoms with Crippen LogP contribution in [0.3, 0.4) is 0 Å². The number of ether oxygens (including phenoxy) is 1. The third-order valence-corrected chi connectivity index (χ3v) is 2.94. The molecule has 3 heteroatoms. The standard InChI is InChI=1S/C11H17NOS/c1-2-3-4-7-13-9-11-6-5-10(8-12)14-11/h2,5-6H,1,3-4,7-9,12H2. The summed E-state index contributed by atoms with van der Waals surface area (Å²) >= 11 is 1.73. The summed E-state index contributed by atoms with van der Waals surface area (Å²) in [6.07, 6.45) is 4.00. The van der Waals surface area contributed by atoms with Gasteiger partial charge in [-0.3, -0.25) is 0 Å². The fourth-order valence-electron chi connectivity index (χ4n) is 1.11. The molecule has 0 aromatic carbocycles. The van der Waals surface area contributed by atoms with Crippen LogP contribution in [0.25, 0.3) is 0 Å². The zero-order valence-electron chi connectivity index (χ0n) is 8.37. The first-order chi connectivity index (χ1) is 6.86. The molecule has 14 heavy (non-hydrogen) atoms. The molecule has 78 valence electrons. The average Bonchev–Trinajstić information content (AvgIpc) is 2.65. The number of hydrogen-bond acceptors (Lipinski definition) is 3. The van der Waals surface area contributed by atoms with Crippen LogP contribution in [0.5, 0.6) is 0 Å². The van der Waals surface area contributed by atoms with Crippen molar-refractivity contribution < 1.29 is 4.74 Å². The highest BCUT2D eigenvalue weighted by Crippen LogP contribution is 2.16. The van der Waals surface area contributed by atoms with Crippen LogP contribution in [0.4, 0.5) is 0 Å². The second-order valence-corrected chi connectivity index (χ2v) is 4.31. The van der Waals surface area contributed by atoms with Crippen molar-refractivity contribution >= 4 is 11.3 Å². The largest absolute Gasteiger partial charge is 0.376 e. The lowest BCUT2D eigenvalue weighted by Gasteiger charge is -2.00. The summed E-state index contributed by atoms with van der Waals surface area (Å²) in [4.78, 5) is 2.47. The molecule has 1 aromatic rings. The molecular weight excluding hydrogens is 194 g/mol. The lowest BCUT2D eigenvalue weighted by molar-refractivity contribution is 0.121. The maximum absolute atomic E-state index is 5.52. The summed E-state index contributed by atoms with van der Waals surface area (Å²) in [5, 5.41) is 0. The van der Waals surface area contributed by atoms with Gasteiger partial charge in [0.1, 0.15) is 0 Å². The first-order valence-corrected chi connectivity index (χ1v) is 5.64. The fourth-order valence-corrected chi connectivity index (χ4v) is 1.95. The Hall–Kier alpha value is -0.640. The van der Waals surface area contributed by atoms with Gasteiger partial charge in [0.05, 0.1) is 6.61 Å². The van der Waals surface area contributed by atoms with E-state index in [0.717, 1.165) is 19.4 Å². The summed E-state index contributed by atoms with van der Waals surface area (Å²) in [5.74, 6) is 0. The summed E-state index contributed by atoms with van der Waals surface area (Å²) in [5.41, 5.74) is 5.52. The highest BCUT2D eigenvalue weighted by Gasteiger charge is 1.98. The van der Waals surface area contributed by atoms with E-state index in [1.165, 1.54) is 9.75 Å². The van der Waals surface area contributed by atoms with Crippen LogP contribution < -0.4 is 5.73 Å². The summed E-state index contributed by atoms with van der Waals surface area (Å²) in [6, 6.07) is 4.15. The minimum atomic E-state index is 0.626. The van der Waals surface area contributed by atoms with Crippen LogP contribution in [-0.2, 0) is 17.9 Å². The molecule has 0 atom stereocenters. The van der Waals surface area contributed by atoms with E-state index in [9.17, 15) is 0 Å². The molecule has 0 saturated heterocycles. The molecule has 0 aliphatic rings. The Labute approximate surface area is 89.4 Å². The van der Waals surface area contributed by atoms with Crippen LogP contribution in [0, 0.1) is 0 Å². The summed E-state index contributed by atoms with van der Waals surface area (Å²) < 4.78 is 5.50. The number of unbranched alkanes of at least 4 members (excludes halogenated alkanes) is 1. The van der Waals surface area contributed by atoms with Crippen LogP contribution in [-0.4, -0.2) is 6.61 Å². The molecule has 2 N–H and O–H groups in total. The van der Waals surface area contributed by atoms with E-state index in [1.54, 1.807) is 11.3 Å². The van der Waals surface area contributed by atoms with E-state index in [-0.39, 0.29) is 0 Å². The van der Waals surface area contributed by atoms with Gasteiger partial charge in [0.15, 0.2) is 0 Å². The van der Waals surface area contributed by atoms with Gasteiger partial charge < -0.3 is 10.5 Å². The zero-order chi connectivity index (χ0) is 10.2. The van der Waals surface area contributed by atoms with Gasteiger partial charge in [0.25, 0.3) is 0 Å². The minimum absolute atomic E-state index is 0.626. The normalized spacial score (nSPS) is 10.4. The summed E-state index contributed by atoms with van der Waals surface area (Å²) in [6.45, 7) is 5.81. The lowest BCUT2D eigenvalue weighted by atomic mass is 10.3. The Morgan fingerprint density at radius 1 is 1.43 bits per heavy atom. The SMILES string of the molecule is C=CCCCOCc1ccc(CN)s1. The van der Waals surface area contributed by atoms with E-state index in [1.807, 2.05) is 6.08 Å². The lowest BCUT2D eigenvalue weighted by Crippen LogP contribution is -1.93. The molecule has 2 nitrogen and oxygen atoms in total. The van der Waals surface area contributed by atoms with Crippen molar-refractivity contribution in [3.63, 3.8) is 0 Å². The predicted molar refractivity (Wildman–Crippen MR) is 61.3 cm³/mol. The zero-order valence-corrected chi connectivity index (χ0v) is 9.19. The molecule has 1 rings (SSSR count). The maximum Gasteiger partial charge on any atom is 0.0809 e. The molecular formula is C11H17NOS. The highest BCUT2D eigenvalue weighted by molar-refractivity contribution is 7.11. The summed E-state index contributed by atoms with van der Waals surface area (Å²) in [7, 11) is 0. The molecule has 1 heterocycles. The van der Waals surface area contributed by atoms with E-state index in [0.29, 0.717) is 13.2 Å². The highest BCUT2D eigenvalue weighted by atomic mass is 32.1. The van der Waals surface area contributed by atoms with Gasteiger partial charge in [0, 0.05) is 22.9 Å². The molecule has 0 unspecified atom stereocenters. The van der Waals surface area contributed by atoms with Crippen molar-refractivity contribution in [3.05, 3.63) is 34.5 Å². The van der Waals surface area contributed by atoms with Crippen LogP contribution in [0.2, 0.25) is 0 Å². The molecule has 0 radical (unpaired) electrons. The number of rotatable bonds is 7. The first-order valence-electron chi connectivity index (χ1n) is 4.83. The molecule has 1 aromatic heterocycles. The number of thiophene rings is 1. The monoisotopic (exact) mass is 211 g/mol. The van der Waals surface area contributed by atoms with E-state index < -0.39 is 0 Å². The molecule has 0 saturated carbocycles. The van der Waals surface area contributed by atoms with Crippen molar-refractivity contribution in [3.8, 4) is 0 Å². The molecule has 0 amide bonds. The van der Waals surface area contributed by atoms with Gasteiger partial charge >= 0.3 is 0 Å². The third kappa shape index (κ3) is 4.05. The van der Waals surface area contributed by atoms with Gasteiger partial charge in [0.2, 0.25) is 0 Å². The van der Waals surface area contributed by atoms with E-state index >= 15 is 0 Å². The number of allylic oxidation sites excluding steroid dienone is 1. The molecule has 0 spiro atoms. The molecule has 0 aliphatic carbocycles. The van der Waals surface area contributed by atoms with Crippen molar-refractivity contribution in [1.82, 2.24) is 0 Å². The number of hydrogen-bond donors (Lipinski definition) is 1. The van der Waals surface area contributed by atoms with Crippen molar-refractivity contribution in [2.75, 3.05) is 6.61 Å². The van der Waals surface area contributed by atoms with Crippen molar-refractivity contribution in [1.29, 1.82) is 0 Å². The maximum atomic E-state index is 5.52. The van der Waals surface area contributed by atoms with Crippen LogP contribution in [0.15, 0.2) is 24.8 Å². The Balaban J connectivity index is 2.14. The van der Waals surface area contributed by atoms with Gasteiger partial charge in [-0.05, 0) is 25.0 Å². The Morgan fingerprint density at radius 3 is 2.86 bits per heavy atom. The van der Waals surface area contributed by atoms with E-state index in [4.69, 9.17) is 10.5 Å². The molecule has 0 aliphatic heterocycles. The minimum Gasteiger partial charge on any atom is -0.376 e. The van der Waals surface area contributed by atoms with Crippen LogP contribution >= 0.6 is 11.3 Å². The Kier molecular flexibility index (Phi) is 5.52. The Morgan fingerprint density at radius 2 is 2.21 bits per heavy atom. The van der Waals surface area contributed by atoms with Gasteiger partial charge in [-0.15, -0.1) is 17.9 Å². The second kappa shape index (κ2) is 6.76. The number of nitrogens with two attached hydrogens (primary N) is 1. The van der Waals surface area contributed by atoms with Gasteiger partial charge in [-0.1, -0.05) is 6.08 Å². The topological polar surface area (TPSA) is 35.2 Å². The Bertz CT molecular complexity index is 270. The van der Waals surface area contributed by atoms with Gasteiger partial charge in [-0.2, -0.15) is 0 Å². The first kappa shape index (κ1) is 11.4. The van der Waals surface area contributed by atoms with Gasteiger partial charge in [-0.25, -0.2) is 0 Å². The second-order valence-electron chi connectivity index (χ2n) is 3.06. The van der Waals surface area contributed by atoms with Crippen molar-refractivity contribution in [2.24, 2.45) is 5.73 Å². The predicted octanol–water partition coefficient (Wildman–Crippen LogP) is 2.69. The quantitative estimate of drug-likeness (QED) is 0.556.